The van der Waals surface area contributed by atoms with Gasteiger partial charge in [0, 0.05) is 0 Å². The molecule has 0 aliphatic heterocycles. The SMILES string of the molecule is NC(N)=Nc1ncnc2c1ncn2CC(O)CO. The van der Waals surface area contributed by atoms with Gasteiger partial charge in [0.05, 0.1) is 25.6 Å². The van der Waals surface area contributed by atoms with Crippen molar-refractivity contribution in [1.29, 1.82) is 0 Å². The van der Waals surface area contributed by atoms with E-state index in [9.17, 15) is 5.11 Å². The molecule has 1 atom stereocenters. The number of rotatable bonds is 4. The zero-order valence-electron chi connectivity index (χ0n) is 9.43. The van der Waals surface area contributed by atoms with Crippen LogP contribution >= 0.6 is 0 Å². The summed E-state index contributed by atoms with van der Waals surface area (Å²) in [4.78, 5) is 15.9. The molecule has 2 aromatic rings. The van der Waals surface area contributed by atoms with Crippen molar-refractivity contribution in [2.45, 2.75) is 12.6 Å². The first-order chi connectivity index (χ1) is 8.61. The monoisotopic (exact) mass is 251 g/mol. The van der Waals surface area contributed by atoms with Gasteiger partial charge >= 0.3 is 0 Å². The van der Waals surface area contributed by atoms with Gasteiger partial charge in [-0.3, -0.25) is 0 Å². The van der Waals surface area contributed by atoms with Crippen LogP contribution in [0.2, 0.25) is 0 Å². The normalized spacial score (nSPS) is 12.6. The Hall–Kier alpha value is -2.26. The molecular formula is C9H13N7O2. The summed E-state index contributed by atoms with van der Waals surface area (Å²) in [7, 11) is 0. The minimum absolute atomic E-state index is 0.125. The summed E-state index contributed by atoms with van der Waals surface area (Å²) >= 11 is 0. The van der Waals surface area contributed by atoms with E-state index < -0.39 is 6.10 Å². The molecular weight excluding hydrogens is 238 g/mol. The number of hydrogen-bond acceptors (Lipinski definition) is 6. The van der Waals surface area contributed by atoms with Crippen molar-refractivity contribution in [1.82, 2.24) is 19.5 Å². The Labute approximate surface area is 102 Å². The first-order valence-corrected chi connectivity index (χ1v) is 5.16. The molecule has 0 bridgehead atoms. The Bertz CT molecular complexity index is 575. The van der Waals surface area contributed by atoms with Crippen LogP contribution in [0.15, 0.2) is 17.6 Å². The molecule has 0 spiro atoms. The number of aliphatic imine (C=N–C) groups is 1. The number of fused-ring (bicyclic) bond motifs is 1. The van der Waals surface area contributed by atoms with Gasteiger partial charge in [-0.05, 0) is 0 Å². The summed E-state index contributed by atoms with van der Waals surface area (Å²) in [5, 5.41) is 18.2. The second kappa shape index (κ2) is 4.94. The number of hydrogen-bond donors (Lipinski definition) is 4. The molecule has 0 radical (unpaired) electrons. The third-order valence-electron chi connectivity index (χ3n) is 2.24. The van der Waals surface area contributed by atoms with Gasteiger partial charge in [0.2, 0.25) is 0 Å². The molecule has 0 aliphatic rings. The average Bonchev–Trinajstić information content (AvgIpc) is 2.73. The minimum atomic E-state index is -0.885. The lowest BCUT2D eigenvalue weighted by molar-refractivity contribution is 0.0820. The maximum absolute atomic E-state index is 9.39. The highest BCUT2D eigenvalue weighted by atomic mass is 16.3. The average molecular weight is 251 g/mol. The number of nitrogens with two attached hydrogens (primary N) is 2. The quantitative estimate of drug-likeness (QED) is 0.365. The van der Waals surface area contributed by atoms with Crippen LogP contribution in [-0.4, -0.2) is 48.4 Å². The van der Waals surface area contributed by atoms with Crippen LogP contribution in [0, 0.1) is 0 Å². The zero-order chi connectivity index (χ0) is 13.1. The topological polar surface area (TPSA) is 148 Å². The lowest BCUT2D eigenvalue weighted by Gasteiger charge is -2.07. The number of aliphatic hydroxyl groups excluding tert-OH is 2. The number of nitrogens with zero attached hydrogens (tertiary/aromatic N) is 5. The van der Waals surface area contributed by atoms with E-state index in [0.717, 1.165) is 0 Å². The van der Waals surface area contributed by atoms with Crippen LogP contribution < -0.4 is 11.5 Å². The van der Waals surface area contributed by atoms with E-state index in [1.165, 1.54) is 12.7 Å². The van der Waals surface area contributed by atoms with Crippen molar-refractivity contribution in [2.24, 2.45) is 16.5 Å². The molecule has 0 amide bonds. The molecule has 0 aliphatic carbocycles. The summed E-state index contributed by atoms with van der Waals surface area (Å²) in [6, 6.07) is 0. The minimum Gasteiger partial charge on any atom is -0.394 e. The maximum Gasteiger partial charge on any atom is 0.192 e. The van der Waals surface area contributed by atoms with Gasteiger partial charge in [-0.15, -0.1) is 0 Å². The fraction of sp³-hybridized carbons (Fsp3) is 0.333. The largest absolute Gasteiger partial charge is 0.394 e. The molecule has 18 heavy (non-hydrogen) atoms. The zero-order valence-corrected chi connectivity index (χ0v) is 9.43. The highest BCUT2D eigenvalue weighted by Crippen LogP contribution is 2.19. The lowest BCUT2D eigenvalue weighted by Crippen LogP contribution is -2.22. The highest BCUT2D eigenvalue weighted by Gasteiger charge is 2.12. The molecule has 2 rings (SSSR count). The van der Waals surface area contributed by atoms with Crippen LogP contribution in [0.5, 0.6) is 0 Å². The van der Waals surface area contributed by atoms with Gasteiger partial charge in [0.1, 0.15) is 6.33 Å². The van der Waals surface area contributed by atoms with E-state index >= 15 is 0 Å². The second-order valence-electron chi connectivity index (χ2n) is 3.64. The van der Waals surface area contributed by atoms with E-state index in [1.54, 1.807) is 4.57 Å². The van der Waals surface area contributed by atoms with E-state index in [1.807, 2.05) is 0 Å². The van der Waals surface area contributed by atoms with Crippen molar-refractivity contribution in [3.8, 4) is 0 Å². The summed E-state index contributed by atoms with van der Waals surface area (Å²) < 4.78 is 1.59. The second-order valence-corrected chi connectivity index (χ2v) is 3.64. The van der Waals surface area contributed by atoms with Crippen molar-refractivity contribution in [3.63, 3.8) is 0 Å². The van der Waals surface area contributed by atoms with Crippen LogP contribution in [0.3, 0.4) is 0 Å². The Morgan fingerprint density at radius 1 is 1.39 bits per heavy atom. The van der Waals surface area contributed by atoms with Gasteiger partial charge in [-0.25, -0.2) is 15.0 Å². The molecule has 2 heterocycles. The Balaban J connectivity index is 2.45. The smallest absolute Gasteiger partial charge is 0.192 e. The molecule has 0 saturated carbocycles. The standard InChI is InChI=1S/C9H13N7O2/c10-9(11)15-7-6-8(13-3-12-7)16(4-14-6)1-5(18)2-17/h3-5,17-18H,1-2H2,(H4,10,11,12,13,15). The Kier molecular flexibility index (Phi) is 3.35. The number of aromatic nitrogens is 4. The predicted octanol–water partition coefficient (Wildman–Crippen LogP) is -1.92. The Morgan fingerprint density at radius 2 is 2.17 bits per heavy atom. The third-order valence-corrected chi connectivity index (χ3v) is 2.24. The van der Waals surface area contributed by atoms with Crippen LogP contribution in [0.1, 0.15) is 0 Å². The first-order valence-electron chi connectivity index (χ1n) is 5.16. The molecule has 96 valence electrons. The summed E-state index contributed by atoms with van der Waals surface area (Å²) in [6.07, 6.45) is 1.89. The predicted molar refractivity (Wildman–Crippen MR) is 63.9 cm³/mol. The third kappa shape index (κ3) is 2.36. The molecule has 0 saturated heterocycles. The first kappa shape index (κ1) is 12.2. The van der Waals surface area contributed by atoms with E-state index in [-0.39, 0.29) is 24.9 Å². The Morgan fingerprint density at radius 3 is 2.83 bits per heavy atom. The molecule has 0 aromatic carbocycles. The fourth-order valence-corrected chi connectivity index (χ4v) is 1.49. The molecule has 6 N–H and O–H groups in total. The summed E-state index contributed by atoms with van der Waals surface area (Å²) in [5.41, 5.74) is 11.5. The van der Waals surface area contributed by atoms with Crippen LogP contribution in [0.4, 0.5) is 5.82 Å². The van der Waals surface area contributed by atoms with Gasteiger partial charge < -0.3 is 26.2 Å². The maximum atomic E-state index is 9.39. The van der Waals surface area contributed by atoms with Gasteiger partial charge in [-0.1, -0.05) is 0 Å². The molecule has 9 heteroatoms. The fourth-order valence-electron chi connectivity index (χ4n) is 1.49. The van der Waals surface area contributed by atoms with Crippen molar-refractivity contribution in [3.05, 3.63) is 12.7 Å². The molecule has 0 fully saturated rings. The summed E-state index contributed by atoms with van der Waals surface area (Å²) in [6.45, 7) is -0.170. The van der Waals surface area contributed by atoms with E-state index in [4.69, 9.17) is 16.6 Å². The van der Waals surface area contributed by atoms with Gasteiger partial charge in [0.15, 0.2) is 22.9 Å². The highest BCUT2D eigenvalue weighted by molar-refractivity contribution is 5.86. The molecule has 9 nitrogen and oxygen atoms in total. The number of aliphatic hydroxyl groups is 2. The molecule has 2 aromatic heterocycles. The van der Waals surface area contributed by atoms with Crippen molar-refractivity contribution >= 4 is 22.9 Å². The van der Waals surface area contributed by atoms with Gasteiger partial charge in [-0.2, -0.15) is 4.99 Å². The summed E-state index contributed by atoms with van der Waals surface area (Å²) in [5.74, 6) is 0.136. The lowest BCUT2D eigenvalue weighted by atomic mass is 10.4. The van der Waals surface area contributed by atoms with E-state index in [2.05, 4.69) is 19.9 Å². The van der Waals surface area contributed by atoms with Crippen LogP contribution in [-0.2, 0) is 6.54 Å². The van der Waals surface area contributed by atoms with E-state index in [0.29, 0.717) is 11.2 Å². The number of guanidine groups is 1. The van der Waals surface area contributed by atoms with Crippen molar-refractivity contribution in [2.75, 3.05) is 6.61 Å². The number of imidazole rings is 1. The van der Waals surface area contributed by atoms with Crippen molar-refractivity contribution < 1.29 is 10.2 Å². The van der Waals surface area contributed by atoms with Crippen LogP contribution in [0.25, 0.3) is 11.2 Å². The van der Waals surface area contributed by atoms with Gasteiger partial charge in [0.25, 0.3) is 0 Å². The molecule has 1 unspecified atom stereocenters.